The fraction of sp³-hybridized carbons (Fsp3) is 0.556. The first-order valence-electron chi connectivity index (χ1n) is 8.56. The van der Waals surface area contributed by atoms with Crippen LogP contribution in [-0.4, -0.2) is 59.2 Å². The normalized spacial score (nSPS) is 23.5. The highest BCUT2D eigenvalue weighted by molar-refractivity contribution is 5.86. The molecule has 0 bridgehead atoms. The van der Waals surface area contributed by atoms with E-state index in [1.54, 1.807) is 9.80 Å². The Bertz CT molecular complexity index is 578. The first-order valence-corrected chi connectivity index (χ1v) is 8.56. The summed E-state index contributed by atoms with van der Waals surface area (Å²) in [7, 11) is 0. The van der Waals surface area contributed by atoms with Crippen molar-refractivity contribution < 1.29 is 19.4 Å². The van der Waals surface area contributed by atoms with Gasteiger partial charge in [0.15, 0.2) is 0 Å². The second kappa shape index (κ2) is 7.66. The van der Waals surface area contributed by atoms with Crippen LogP contribution in [0.25, 0.3) is 0 Å². The highest BCUT2D eigenvalue weighted by Gasteiger charge is 2.39. The van der Waals surface area contributed by atoms with Gasteiger partial charge in [-0.2, -0.15) is 0 Å². The van der Waals surface area contributed by atoms with Gasteiger partial charge in [-0.25, -0.2) is 4.79 Å². The first kappa shape index (κ1) is 16.8. The molecule has 1 aromatic carbocycles. The molecular formula is C18H24N2O4. The van der Waals surface area contributed by atoms with Crippen molar-refractivity contribution in [2.24, 2.45) is 5.92 Å². The minimum absolute atomic E-state index is 0.0138. The van der Waals surface area contributed by atoms with E-state index in [4.69, 9.17) is 4.74 Å². The number of aliphatic hydroxyl groups is 1. The van der Waals surface area contributed by atoms with Crippen molar-refractivity contribution >= 4 is 12.0 Å². The van der Waals surface area contributed by atoms with Crippen LogP contribution in [0.1, 0.15) is 24.8 Å². The lowest BCUT2D eigenvalue weighted by Crippen LogP contribution is -2.47. The molecule has 0 aliphatic carbocycles. The third-order valence-electron chi connectivity index (χ3n) is 4.83. The number of carbonyl (C=O) groups is 2. The number of aliphatic hydroxyl groups excluding tert-OH is 1. The first-order chi connectivity index (χ1) is 11.7. The summed E-state index contributed by atoms with van der Waals surface area (Å²) in [6.45, 7) is 2.12. The summed E-state index contributed by atoms with van der Waals surface area (Å²) in [6.07, 6.45) is 1.90. The van der Waals surface area contributed by atoms with Crippen LogP contribution in [0.5, 0.6) is 0 Å². The highest BCUT2D eigenvalue weighted by Crippen LogP contribution is 2.24. The van der Waals surface area contributed by atoms with E-state index < -0.39 is 12.1 Å². The number of amides is 2. The Kier molecular flexibility index (Phi) is 5.35. The fourth-order valence-corrected chi connectivity index (χ4v) is 3.44. The van der Waals surface area contributed by atoms with Crippen molar-refractivity contribution in [2.45, 2.75) is 31.9 Å². The highest BCUT2D eigenvalue weighted by atomic mass is 16.6. The van der Waals surface area contributed by atoms with Crippen molar-refractivity contribution in [1.82, 2.24) is 9.80 Å². The smallest absolute Gasteiger partial charge is 0.410 e. The molecule has 6 nitrogen and oxygen atoms in total. The van der Waals surface area contributed by atoms with Crippen LogP contribution in [-0.2, 0) is 16.1 Å². The predicted octanol–water partition coefficient (Wildman–Crippen LogP) is 1.63. The maximum absolute atomic E-state index is 12.7. The van der Waals surface area contributed by atoms with Gasteiger partial charge in [0.2, 0.25) is 5.91 Å². The zero-order chi connectivity index (χ0) is 16.9. The fourth-order valence-electron chi connectivity index (χ4n) is 3.44. The molecule has 1 aromatic rings. The third kappa shape index (κ3) is 3.70. The molecule has 0 saturated carbocycles. The summed E-state index contributed by atoms with van der Waals surface area (Å²) in [5.41, 5.74) is 0.929. The van der Waals surface area contributed by atoms with Gasteiger partial charge in [0, 0.05) is 32.2 Å². The monoisotopic (exact) mass is 332 g/mol. The molecule has 2 aliphatic heterocycles. The van der Waals surface area contributed by atoms with Crippen LogP contribution in [0, 0.1) is 5.92 Å². The number of benzene rings is 1. The Hall–Kier alpha value is -2.08. The van der Waals surface area contributed by atoms with Crippen LogP contribution < -0.4 is 0 Å². The molecule has 6 heteroatoms. The van der Waals surface area contributed by atoms with E-state index in [0.29, 0.717) is 26.1 Å². The summed E-state index contributed by atoms with van der Waals surface area (Å²) >= 11 is 0. The standard InChI is InChI=1S/C18H24N2O4/c21-12-15-8-10-19(11-15)17(22)16-7-4-9-20(16)18(23)24-13-14-5-2-1-3-6-14/h1-3,5-6,15-16,21H,4,7-13H2/t15-,16+/m1/s1. The Morgan fingerprint density at radius 1 is 1.17 bits per heavy atom. The molecule has 3 rings (SSSR count). The summed E-state index contributed by atoms with van der Waals surface area (Å²) < 4.78 is 5.37. The number of ether oxygens (including phenoxy) is 1. The minimum Gasteiger partial charge on any atom is -0.445 e. The van der Waals surface area contributed by atoms with Gasteiger partial charge in [-0.05, 0) is 24.8 Å². The quantitative estimate of drug-likeness (QED) is 0.910. The number of hydrogen-bond donors (Lipinski definition) is 1. The van der Waals surface area contributed by atoms with E-state index in [0.717, 1.165) is 18.4 Å². The molecule has 2 aliphatic rings. The van der Waals surface area contributed by atoms with Gasteiger partial charge in [0.25, 0.3) is 0 Å². The van der Waals surface area contributed by atoms with Gasteiger partial charge >= 0.3 is 6.09 Å². The van der Waals surface area contributed by atoms with E-state index in [1.165, 1.54) is 0 Å². The Morgan fingerprint density at radius 2 is 1.96 bits per heavy atom. The van der Waals surface area contributed by atoms with Crippen molar-refractivity contribution in [2.75, 3.05) is 26.2 Å². The van der Waals surface area contributed by atoms with Crippen molar-refractivity contribution in [3.63, 3.8) is 0 Å². The van der Waals surface area contributed by atoms with Gasteiger partial charge in [-0.1, -0.05) is 30.3 Å². The summed E-state index contributed by atoms with van der Waals surface area (Å²) in [4.78, 5) is 28.4. The second-order valence-electron chi connectivity index (χ2n) is 6.51. The van der Waals surface area contributed by atoms with Crippen molar-refractivity contribution in [1.29, 1.82) is 0 Å². The van der Waals surface area contributed by atoms with Crippen molar-refractivity contribution in [3.8, 4) is 0 Å². The molecule has 1 N–H and O–H groups in total. The lowest BCUT2D eigenvalue weighted by Gasteiger charge is -2.27. The molecule has 130 valence electrons. The number of likely N-dealkylation sites (tertiary alicyclic amines) is 2. The van der Waals surface area contributed by atoms with Crippen LogP contribution in [0.3, 0.4) is 0 Å². The molecule has 0 radical (unpaired) electrons. The molecule has 2 fully saturated rings. The zero-order valence-corrected chi connectivity index (χ0v) is 13.8. The third-order valence-corrected chi connectivity index (χ3v) is 4.83. The molecule has 0 aromatic heterocycles. The molecular weight excluding hydrogens is 308 g/mol. The van der Waals surface area contributed by atoms with Gasteiger partial charge < -0.3 is 14.7 Å². The second-order valence-corrected chi connectivity index (χ2v) is 6.51. The largest absolute Gasteiger partial charge is 0.445 e. The molecule has 2 atom stereocenters. The SMILES string of the molecule is O=C([C@@H]1CCCN1C(=O)OCc1ccccc1)N1CC[C@@H](CO)C1. The van der Waals surface area contributed by atoms with Crippen molar-refractivity contribution in [3.05, 3.63) is 35.9 Å². The lowest BCUT2D eigenvalue weighted by atomic mass is 10.1. The number of nitrogens with zero attached hydrogens (tertiary/aromatic N) is 2. The van der Waals surface area contributed by atoms with Gasteiger partial charge in [-0.15, -0.1) is 0 Å². The maximum Gasteiger partial charge on any atom is 0.410 e. The molecule has 2 saturated heterocycles. The average Bonchev–Trinajstić information content (AvgIpc) is 3.29. The van der Waals surface area contributed by atoms with Gasteiger partial charge in [0.05, 0.1) is 0 Å². The average molecular weight is 332 g/mol. The predicted molar refractivity (Wildman–Crippen MR) is 88.1 cm³/mol. The van der Waals surface area contributed by atoms with Crippen LogP contribution in [0.2, 0.25) is 0 Å². The number of hydrogen-bond acceptors (Lipinski definition) is 4. The maximum atomic E-state index is 12.7. The Morgan fingerprint density at radius 3 is 2.67 bits per heavy atom. The van der Waals surface area contributed by atoms with E-state index >= 15 is 0 Å². The molecule has 0 unspecified atom stereocenters. The number of rotatable bonds is 4. The Balaban J connectivity index is 1.56. The van der Waals surface area contributed by atoms with E-state index in [1.807, 2.05) is 30.3 Å². The zero-order valence-electron chi connectivity index (χ0n) is 13.8. The van der Waals surface area contributed by atoms with Crippen LogP contribution >= 0.6 is 0 Å². The van der Waals surface area contributed by atoms with Crippen LogP contribution in [0.4, 0.5) is 4.79 Å². The van der Waals surface area contributed by atoms with Gasteiger partial charge in [0.1, 0.15) is 12.6 Å². The molecule has 2 heterocycles. The molecule has 24 heavy (non-hydrogen) atoms. The molecule has 0 spiro atoms. The lowest BCUT2D eigenvalue weighted by molar-refractivity contribution is -0.134. The van der Waals surface area contributed by atoms with E-state index in [9.17, 15) is 14.7 Å². The summed E-state index contributed by atoms with van der Waals surface area (Å²) in [5.74, 6) is 0.147. The van der Waals surface area contributed by atoms with Crippen LogP contribution in [0.15, 0.2) is 30.3 Å². The van der Waals surface area contributed by atoms with E-state index in [-0.39, 0.29) is 25.0 Å². The Labute approximate surface area is 142 Å². The molecule has 2 amide bonds. The van der Waals surface area contributed by atoms with Gasteiger partial charge in [-0.3, -0.25) is 9.69 Å². The summed E-state index contributed by atoms with van der Waals surface area (Å²) in [6, 6.07) is 9.09. The summed E-state index contributed by atoms with van der Waals surface area (Å²) in [5, 5.41) is 9.23. The van der Waals surface area contributed by atoms with E-state index in [2.05, 4.69) is 0 Å². The number of carbonyl (C=O) groups excluding carboxylic acids is 2. The minimum atomic E-state index is -0.425. The topological polar surface area (TPSA) is 70.1 Å².